The second-order valence-electron chi connectivity index (χ2n) is 6.42. The molecule has 4 nitrogen and oxygen atoms in total. The lowest BCUT2D eigenvalue weighted by Crippen LogP contribution is -2.47. The Morgan fingerprint density at radius 1 is 1.19 bits per heavy atom. The summed E-state index contributed by atoms with van der Waals surface area (Å²) in [5.41, 5.74) is 1.09. The number of likely N-dealkylation sites (tertiary alicyclic amines) is 1. The molecule has 2 fully saturated rings. The number of benzene rings is 1. The summed E-state index contributed by atoms with van der Waals surface area (Å²) < 4.78 is 0. The molecule has 0 unspecified atom stereocenters. The molecule has 1 aromatic rings. The van der Waals surface area contributed by atoms with Gasteiger partial charge in [0.1, 0.15) is 0 Å². The average Bonchev–Trinajstić information content (AvgIpc) is 3.04. The Kier molecular flexibility index (Phi) is 4.27. The summed E-state index contributed by atoms with van der Waals surface area (Å²) in [6, 6.07) is 10.5. The maximum absolute atomic E-state index is 12.6. The van der Waals surface area contributed by atoms with Gasteiger partial charge in [-0.05, 0) is 37.9 Å². The number of rotatable bonds is 3. The van der Waals surface area contributed by atoms with Crippen LogP contribution >= 0.6 is 0 Å². The summed E-state index contributed by atoms with van der Waals surface area (Å²) in [7, 11) is 0. The molecule has 2 aliphatic rings. The Hall–Kier alpha value is -1.39. The van der Waals surface area contributed by atoms with Crippen molar-refractivity contribution < 1.29 is 9.63 Å². The van der Waals surface area contributed by atoms with Gasteiger partial charge in [0.05, 0.1) is 18.6 Å². The maximum atomic E-state index is 12.6. The fraction of sp³-hybridized carbons (Fsp3) is 0.588. The van der Waals surface area contributed by atoms with Gasteiger partial charge in [0.25, 0.3) is 5.91 Å². The summed E-state index contributed by atoms with van der Waals surface area (Å²) in [4.78, 5) is 20.4. The molecule has 2 heterocycles. The minimum atomic E-state index is -0.252. The Morgan fingerprint density at radius 2 is 1.90 bits per heavy atom. The molecule has 0 aromatic heterocycles. The van der Waals surface area contributed by atoms with Crippen LogP contribution in [0.15, 0.2) is 30.3 Å². The van der Waals surface area contributed by atoms with Crippen LogP contribution in [0, 0.1) is 5.41 Å². The van der Waals surface area contributed by atoms with E-state index in [-0.39, 0.29) is 11.3 Å². The molecule has 0 spiro atoms. The van der Waals surface area contributed by atoms with Gasteiger partial charge in [-0.3, -0.25) is 14.5 Å². The molecule has 21 heavy (non-hydrogen) atoms. The van der Waals surface area contributed by atoms with Crippen molar-refractivity contribution in [1.29, 1.82) is 0 Å². The van der Waals surface area contributed by atoms with Crippen molar-refractivity contribution >= 4 is 5.91 Å². The van der Waals surface area contributed by atoms with Crippen LogP contribution in [-0.2, 0) is 16.2 Å². The zero-order chi connectivity index (χ0) is 14.7. The monoisotopic (exact) mass is 288 g/mol. The molecule has 0 atom stereocenters. The Bertz CT molecular complexity index is 475. The van der Waals surface area contributed by atoms with Crippen LogP contribution in [0.4, 0.5) is 0 Å². The average molecular weight is 288 g/mol. The zero-order valence-electron chi connectivity index (χ0n) is 12.8. The number of carbonyl (C=O) groups excluding carboxylic acids is 1. The predicted molar refractivity (Wildman–Crippen MR) is 81.3 cm³/mol. The smallest absolute Gasteiger partial charge is 0.252 e. The van der Waals surface area contributed by atoms with Gasteiger partial charge < -0.3 is 0 Å². The molecule has 0 saturated carbocycles. The Balaban J connectivity index is 1.55. The number of hydroxylamine groups is 2. The van der Waals surface area contributed by atoms with Crippen LogP contribution in [0.5, 0.6) is 0 Å². The SMILES string of the molecule is CC1(C(=O)N2CCCO2)CCN(Cc2ccccc2)CC1. The molecule has 114 valence electrons. The van der Waals surface area contributed by atoms with E-state index in [1.807, 2.05) is 6.07 Å². The molecule has 0 bridgehead atoms. The fourth-order valence-electron chi connectivity index (χ4n) is 3.17. The third-order valence-electron chi connectivity index (χ3n) is 4.70. The Labute approximate surface area is 126 Å². The van der Waals surface area contributed by atoms with E-state index in [4.69, 9.17) is 4.84 Å². The number of hydrogen-bond donors (Lipinski definition) is 0. The quantitative estimate of drug-likeness (QED) is 0.856. The molecule has 1 aromatic carbocycles. The van der Waals surface area contributed by atoms with Gasteiger partial charge in [0.15, 0.2) is 0 Å². The van der Waals surface area contributed by atoms with E-state index in [1.54, 1.807) is 5.06 Å². The van der Waals surface area contributed by atoms with E-state index in [1.165, 1.54) is 5.56 Å². The molecule has 0 radical (unpaired) electrons. The van der Waals surface area contributed by atoms with Gasteiger partial charge in [0, 0.05) is 6.54 Å². The van der Waals surface area contributed by atoms with Crippen LogP contribution in [-0.4, -0.2) is 42.1 Å². The Morgan fingerprint density at radius 3 is 2.52 bits per heavy atom. The summed E-state index contributed by atoms with van der Waals surface area (Å²) in [5.74, 6) is 0.180. The molecule has 0 N–H and O–H groups in total. The molecule has 2 saturated heterocycles. The number of nitrogens with zero attached hydrogens (tertiary/aromatic N) is 2. The molecule has 1 amide bonds. The number of amides is 1. The molecular formula is C17H24N2O2. The van der Waals surface area contributed by atoms with E-state index in [0.29, 0.717) is 6.61 Å². The highest BCUT2D eigenvalue weighted by Gasteiger charge is 2.40. The van der Waals surface area contributed by atoms with Crippen molar-refractivity contribution in [3.05, 3.63) is 35.9 Å². The molecular weight excluding hydrogens is 264 g/mol. The lowest BCUT2D eigenvalue weighted by molar-refractivity contribution is -0.182. The van der Waals surface area contributed by atoms with Crippen molar-refractivity contribution in [1.82, 2.24) is 9.96 Å². The van der Waals surface area contributed by atoms with Crippen molar-refractivity contribution in [3.63, 3.8) is 0 Å². The first-order valence-electron chi connectivity index (χ1n) is 7.89. The highest BCUT2D eigenvalue weighted by Crippen LogP contribution is 2.34. The van der Waals surface area contributed by atoms with Gasteiger partial charge in [-0.15, -0.1) is 0 Å². The van der Waals surface area contributed by atoms with E-state index >= 15 is 0 Å². The van der Waals surface area contributed by atoms with Crippen LogP contribution in [0.3, 0.4) is 0 Å². The van der Waals surface area contributed by atoms with Crippen molar-refractivity contribution in [2.45, 2.75) is 32.7 Å². The van der Waals surface area contributed by atoms with E-state index < -0.39 is 0 Å². The molecule has 2 aliphatic heterocycles. The van der Waals surface area contributed by atoms with Gasteiger partial charge in [0.2, 0.25) is 0 Å². The van der Waals surface area contributed by atoms with Crippen molar-refractivity contribution in [2.75, 3.05) is 26.2 Å². The van der Waals surface area contributed by atoms with Crippen LogP contribution in [0.2, 0.25) is 0 Å². The first kappa shape index (κ1) is 14.5. The predicted octanol–water partition coefficient (Wildman–Crippen LogP) is 2.45. The van der Waals surface area contributed by atoms with Crippen molar-refractivity contribution in [3.8, 4) is 0 Å². The molecule has 4 heteroatoms. The lowest BCUT2D eigenvalue weighted by atomic mass is 9.79. The minimum absolute atomic E-state index is 0.180. The highest BCUT2D eigenvalue weighted by atomic mass is 16.7. The van der Waals surface area contributed by atoms with Gasteiger partial charge >= 0.3 is 0 Å². The topological polar surface area (TPSA) is 32.8 Å². The van der Waals surface area contributed by atoms with Gasteiger partial charge in [-0.1, -0.05) is 37.3 Å². The standard InChI is InChI=1S/C17H24N2O2/c1-17(16(20)19-10-5-13-21-19)8-11-18(12-9-17)14-15-6-3-2-4-7-15/h2-4,6-7H,5,8-14H2,1H3. The highest BCUT2D eigenvalue weighted by molar-refractivity contribution is 5.81. The summed E-state index contributed by atoms with van der Waals surface area (Å²) in [6.45, 7) is 6.46. The number of piperidine rings is 1. The molecule has 0 aliphatic carbocycles. The van der Waals surface area contributed by atoms with E-state index in [0.717, 1.165) is 45.4 Å². The fourth-order valence-corrected chi connectivity index (χ4v) is 3.17. The maximum Gasteiger partial charge on any atom is 0.252 e. The second kappa shape index (κ2) is 6.16. The summed E-state index contributed by atoms with van der Waals surface area (Å²) in [5, 5.41) is 1.59. The lowest BCUT2D eigenvalue weighted by Gasteiger charge is -2.39. The third kappa shape index (κ3) is 3.27. The zero-order valence-corrected chi connectivity index (χ0v) is 12.8. The minimum Gasteiger partial charge on any atom is -0.299 e. The van der Waals surface area contributed by atoms with E-state index in [2.05, 4.69) is 36.1 Å². The number of carbonyl (C=O) groups is 1. The van der Waals surface area contributed by atoms with Gasteiger partial charge in [-0.2, -0.15) is 0 Å². The van der Waals surface area contributed by atoms with Crippen LogP contribution < -0.4 is 0 Å². The van der Waals surface area contributed by atoms with E-state index in [9.17, 15) is 4.79 Å². The largest absolute Gasteiger partial charge is 0.299 e. The van der Waals surface area contributed by atoms with Gasteiger partial charge in [-0.25, -0.2) is 5.06 Å². The van der Waals surface area contributed by atoms with Crippen molar-refractivity contribution in [2.24, 2.45) is 5.41 Å². The van der Waals surface area contributed by atoms with Crippen LogP contribution in [0.1, 0.15) is 31.7 Å². The summed E-state index contributed by atoms with van der Waals surface area (Å²) in [6.07, 6.45) is 2.79. The third-order valence-corrected chi connectivity index (χ3v) is 4.70. The first-order valence-corrected chi connectivity index (χ1v) is 7.89. The summed E-state index contributed by atoms with van der Waals surface area (Å²) >= 11 is 0. The number of hydrogen-bond acceptors (Lipinski definition) is 3. The second-order valence-corrected chi connectivity index (χ2v) is 6.42. The van der Waals surface area contributed by atoms with Crippen LogP contribution in [0.25, 0.3) is 0 Å². The first-order chi connectivity index (χ1) is 10.2. The molecule has 3 rings (SSSR count). The normalized spacial score (nSPS) is 22.4.